The van der Waals surface area contributed by atoms with E-state index in [-0.39, 0.29) is 11.5 Å². The van der Waals surface area contributed by atoms with Crippen molar-refractivity contribution in [3.05, 3.63) is 65.7 Å². The Morgan fingerprint density at radius 3 is 0.938 bits per heavy atom. The Labute approximate surface area is 397 Å². The molecule has 0 aromatic heterocycles. The minimum Gasteiger partial charge on any atom is -0.507 e. The number of aliphatic imine (C=N–C) groups is 2. The maximum atomic E-state index is 10.9. The number of ether oxygens (including phenoxy) is 3. The van der Waals surface area contributed by atoms with Gasteiger partial charge in [0.05, 0.1) is 31.2 Å². The fraction of sp³-hybridized carbons (Fsp3) is 0.655. The molecule has 7 heteroatoms. The van der Waals surface area contributed by atoms with Gasteiger partial charge in [-0.05, 0) is 55.7 Å². The van der Waals surface area contributed by atoms with E-state index in [2.05, 4.69) is 20.8 Å². The number of unbranched alkanes of at least 4 members (excludes halogenated alkanes) is 29. The number of hydrogen-bond acceptors (Lipinski definition) is 7. The Kier molecular flexibility index (Phi) is 32.5. The lowest BCUT2D eigenvalue weighted by atomic mass is 10.1. The van der Waals surface area contributed by atoms with Crippen LogP contribution in [0.25, 0.3) is 0 Å². The summed E-state index contributed by atoms with van der Waals surface area (Å²) in [7, 11) is 0. The van der Waals surface area contributed by atoms with E-state index in [1.807, 2.05) is 42.5 Å². The van der Waals surface area contributed by atoms with E-state index >= 15 is 0 Å². The van der Waals surface area contributed by atoms with E-state index in [1.165, 1.54) is 180 Å². The van der Waals surface area contributed by atoms with Gasteiger partial charge in [-0.25, -0.2) is 0 Å². The van der Waals surface area contributed by atoms with Crippen LogP contribution in [0.2, 0.25) is 0 Å². The van der Waals surface area contributed by atoms with Crippen LogP contribution in [-0.2, 0) is 0 Å². The van der Waals surface area contributed by atoms with Crippen LogP contribution in [0.3, 0.4) is 0 Å². The third-order valence-corrected chi connectivity index (χ3v) is 12.4. The Balaban J connectivity index is 1.51. The average molecular weight is 897 g/mol. The van der Waals surface area contributed by atoms with E-state index in [1.54, 1.807) is 24.6 Å². The van der Waals surface area contributed by atoms with Crippen LogP contribution < -0.4 is 14.2 Å². The van der Waals surface area contributed by atoms with Crippen LogP contribution in [0, 0.1) is 0 Å². The zero-order valence-electron chi connectivity index (χ0n) is 41.6. The van der Waals surface area contributed by atoms with Gasteiger partial charge in [-0.2, -0.15) is 0 Å². The van der Waals surface area contributed by atoms with Crippen LogP contribution >= 0.6 is 0 Å². The molecule has 364 valence electrons. The van der Waals surface area contributed by atoms with Gasteiger partial charge in [0.15, 0.2) is 0 Å². The predicted molar refractivity (Wildman–Crippen MR) is 278 cm³/mol. The first-order valence-corrected chi connectivity index (χ1v) is 26.8. The Hall–Kier alpha value is -4.00. The molecule has 0 spiro atoms. The number of phenolic OH excluding ortho intramolecular Hbond substituents is 2. The first-order chi connectivity index (χ1) is 32.0. The van der Waals surface area contributed by atoms with Gasteiger partial charge >= 0.3 is 0 Å². The molecule has 0 unspecified atom stereocenters. The lowest BCUT2D eigenvalue weighted by molar-refractivity contribution is 0.302. The molecule has 0 heterocycles. The zero-order chi connectivity index (χ0) is 46.3. The van der Waals surface area contributed by atoms with Gasteiger partial charge in [-0.3, -0.25) is 9.98 Å². The van der Waals surface area contributed by atoms with E-state index < -0.39 is 0 Å². The maximum Gasteiger partial charge on any atom is 0.128 e. The maximum absolute atomic E-state index is 10.9. The predicted octanol–water partition coefficient (Wildman–Crippen LogP) is 18.3. The summed E-state index contributed by atoms with van der Waals surface area (Å²) in [6, 6.07) is 16.5. The van der Waals surface area contributed by atoms with Crippen molar-refractivity contribution < 1.29 is 24.4 Å². The molecular formula is C58H92N2O5. The fourth-order valence-corrected chi connectivity index (χ4v) is 8.22. The molecule has 2 N–H and O–H groups in total. The number of rotatable bonds is 42. The van der Waals surface area contributed by atoms with Gasteiger partial charge in [-0.1, -0.05) is 207 Å². The molecule has 0 aliphatic rings. The van der Waals surface area contributed by atoms with Crippen LogP contribution in [0.1, 0.15) is 237 Å². The number of phenols is 2. The highest BCUT2D eigenvalue weighted by Gasteiger charge is 2.08. The van der Waals surface area contributed by atoms with Crippen molar-refractivity contribution >= 4 is 23.8 Å². The first kappa shape index (κ1) is 55.3. The third-order valence-electron chi connectivity index (χ3n) is 12.4. The average Bonchev–Trinajstić information content (AvgIpc) is 3.31. The number of nitrogens with zero attached hydrogens (tertiary/aromatic N) is 2. The van der Waals surface area contributed by atoms with Crippen molar-refractivity contribution in [2.45, 2.75) is 226 Å². The van der Waals surface area contributed by atoms with E-state index in [4.69, 9.17) is 24.2 Å². The summed E-state index contributed by atoms with van der Waals surface area (Å²) in [6.07, 6.45) is 44.6. The molecule has 0 amide bonds. The van der Waals surface area contributed by atoms with Gasteiger partial charge < -0.3 is 24.4 Å². The minimum atomic E-state index is 0.110. The molecular weight excluding hydrogens is 805 g/mol. The van der Waals surface area contributed by atoms with Gasteiger partial charge in [0.25, 0.3) is 0 Å². The highest BCUT2D eigenvalue weighted by atomic mass is 16.5. The van der Waals surface area contributed by atoms with Gasteiger partial charge in [0.1, 0.15) is 28.7 Å². The quantitative estimate of drug-likeness (QED) is 0.0436. The molecule has 3 aromatic rings. The smallest absolute Gasteiger partial charge is 0.128 e. The SMILES string of the molecule is CCCCCCCCCCCCCCOc1ccc(C=Nc2ccc(OCCCCCCCCCC)cc2N=Cc2ccc(OCCCCCCCCCCCCCC)cc2O)c(O)c1. The van der Waals surface area contributed by atoms with Crippen molar-refractivity contribution in [3.8, 4) is 28.7 Å². The minimum absolute atomic E-state index is 0.110. The van der Waals surface area contributed by atoms with Gasteiger partial charge in [0, 0.05) is 41.8 Å². The van der Waals surface area contributed by atoms with E-state index in [0.29, 0.717) is 53.8 Å². The van der Waals surface area contributed by atoms with Crippen molar-refractivity contribution in [1.82, 2.24) is 0 Å². The molecule has 65 heavy (non-hydrogen) atoms. The molecule has 0 aliphatic heterocycles. The molecule has 0 fully saturated rings. The summed E-state index contributed by atoms with van der Waals surface area (Å²) in [6.45, 7) is 8.73. The highest BCUT2D eigenvalue weighted by molar-refractivity contribution is 5.90. The second-order valence-electron chi connectivity index (χ2n) is 18.4. The summed E-state index contributed by atoms with van der Waals surface area (Å²) in [4.78, 5) is 9.55. The number of benzene rings is 3. The Morgan fingerprint density at radius 2 is 0.615 bits per heavy atom. The molecule has 0 bridgehead atoms. The first-order valence-electron chi connectivity index (χ1n) is 26.8. The lowest BCUT2D eigenvalue weighted by Gasteiger charge is -2.10. The molecule has 0 radical (unpaired) electrons. The monoisotopic (exact) mass is 897 g/mol. The lowest BCUT2D eigenvalue weighted by Crippen LogP contribution is -1.98. The third kappa shape index (κ3) is 27.3. The molecule has 3 rings (SSSR count). The second kappa shape index (κ2) is 38.1. The van der Waals surface area contributed by atoms with Crippen molar-refractivity contribution in [2.75, 3.05) is 19.8 Å². The largest absolute Gasteiger partial charge is 0.507 e. The molecule has 0 saturated carbocycles. The summed E-state index contributed by atoms with van der Waals surface area (Å²) in [5.41, 5.74) is 2.39. The Bertz CT molecular complexity index is 1670. The second-order valence-corrected chi connectivity index (χ2v) is 18.4. The van der Waals surface area contributed by atoms with Crippen LogP contribution in [0.5, 0.6) is 28.7 Å². The summed E-state index contributed by atoms with van der Waals surface area (Å²) >= 11 is 0. The Morgan fingerprint density at radius 1 is 0.338 bits per heavy atom. The molecule has 0 aliphatic carbocycles. The van der Waals surface area contributed by atoms with E-state index in [0.717, 1.165) is 31.4 Å². The van der Waals surface area contributed by atoms with Crippen LogP contribution in [0.15, 0.2) is 64.6 Å². The normalized spacial score (nSPS) is 11.6. The van der Waals surface area contributed by atoms with Crippen molar-refractivity contribution in [2.24, 2.45) is 9.98 Å². The topological polar surface area (TPSA) is 92.9 Å². The summed E-state index contributed by atoms with van der Waals surface area (Å²) in [5.74, 6) is 2.26. The molecule has 3 aromatic carbocycles. The van der Waals surface area contributed by atoms with Crippen molar-refractivity contribution in [3.63, 3.8) is 0 Å². The van der Waals surface area contributed by atoms with E-state index in [9.17, 15) is 10.2 Å². The summed E-state index contributed by atoms with van der Waals surface area (Å²) < 4.78 is 18.2. The molecule has 0 saturated heterocycles. The fourth-order valence-electron chi connectivity index (χ4n) is 8.22. The molecule has 7 nitrogen and oxygen atoms in total. The zero-order valence-corrected chi connectivity index (χ0v) is 41.6. The van der Waals surface area contributed by atoms with Crippen LogP contribution in [-0.4, -0.2) is 42.5 Å². The highest BCUT2D eigenvalue weighted by Crippen LogP contribution is 2.34. The van der Waals surface area contributed by atoms with Gasteiger partial charge in [-0.15, -0.1) is 0 Å². The molecule has 0 atom stereocenters. The van der Waals surface area contributed by atoms with Crippen LogP contribution in [0.4, 0.5) is 11.4 Å². The standard InChI is InChI=1S/C58H92N2O5/c1-4-7-10-13-16-19-21-23-25-28-31-34-43-64-53-38-36-50(57(61)46-53)48-59-55-41-40-52(63-42-33-30-27-18-15-12-9-6-3)45-56(55)60-49-51-37-39-54(47-58(51)62)65-44-35-32-29-26-24-22-20-17-14-11-8-5-2/h36-41,45-49,61-62H,4-35,42-44H2,1-3H3. The number of aromatic hydroxyl groups is 2. The number of hydrogen-bond donors (Lipinski definition) is 2. The van der Waals surface area contributed by atoms with Gasteiger partial charge in [0.2, 0.25) is 0 Å². The van der Waals surface area contributed by atoms with Crippen molar-refractivity contribution in [1.29, 1.82) is 0 Å². The summed E-state index contributed by atoms with van der Waals surface area (Å²) in [5, 5.41) is 21.8.